The van der Waals surface area contributed by atoms with Gasteiger partial charge in [-0.1, -0.05) is 170 Å². The molecule has 738 valence electrons. The number of sulfone groups is 4. The molecule has 2 saturated carbocycles. The van der Waals surface area contributed by atoms with Crippen molar-refractivity contribution in [3.8, 4) is 89.0 Å². The number of ketones is 1. The maximum atomic E-state index is 12.8. The lowest BCUT2D eigenvalue weighted by Gasteiger charge is -2.24. The van der Waals surface area contributed by atoms with E-state index in [1.165, 1.54) is 57.3 Å². The van der Waals surface area contributed by atoms with Gasteiger partial charge >= 0.3 is 11.9 Å². The number of pyridine rings is 5. The first-order valence-electron chi connectivity index (χ1n) is 47.2. The molecular weight excluding hydrogens is 1890 g/mol. The molecule has 0 bridgehead atoms. The molecule has 2 atom stereocenters. The minimum atomic E-state index is -3.42. The van der Waals surface area contributed by atoms with E-state index in [0.717, 1.165) is 156 Å². The standard InChI is InChI=1S/C30H29N3O4S.C30H31NO4S.C29H27NO4S.C29H29NO4S/c1-30(2,38(3,36)37)25-16-22-8-5-13-31-29(22)27(17-25)24-15-23(18-33(35)19-24)21-7-4-6-20(14-21)9-12-28(34)32-26-10-11-26;1-29(2,33)27(32)16-20-9-6-10-21(15-20)22-11-7-12-23(17-22)26-19-25(30(3,4)36(5,34)35)18-24-13-8-14-31-28(24)26;1-29(2,35(3,33)34)23-15-22-8-5-13-30-27(22)25(16-23)21-7-4-6-20(14-21)18-9-11-19(12-10-18)24-17-26(24)28(31)32;1-28(2,27(31)32)23-13-11-19(12-14-23)20-8-6-9-21(16-20)25-18-24(29(3,4)35(5,33)34)17-22-10-7-15-30-26(22)25/h4-9,12-19,26H,10-11H2,1-3H3,(H,32,34);6-15,17-19,33H,16H2,1-5H3;4-16,24,26H,17H2,1-3H3,(H,31,32);6-18H,1-5H3,(H,31,32)/b12-9+;;;. The second-order valence-corrected chi connectivity index (χ2v) is 50.7. The van der Waals surface area contributed by atoms with Crippen LogP contribution in [0.2, 0.25) is 0 Å². The number of Topliss-reactive ketones (excluding diaryl/α,β-unsaturated/α-hetero) is 1. The summed E-state index contributed by atoms with van der Waals surface area (Å²) in [6.07, 6.45) is 21.1. The van der Waals surface area contributed by atoms with Gasteiger partial charge in [0.15, 0.2) is 57.5 Å². The van der Waals surface area contributed by atoms with E-state index in [2.05, 4.69) is 43.5 Å². The first-order chi connectivity index (χ1) is 67.7. The van der Waals surface area contributed by atoms with Gasteiger partial charge in [0.05, 0.1) is 52.4 Å². The third kappa shape index (κ3) is 22.8. The molecule has 0 spiro atoms. The number of aliphatic carboxylic acids is 2. The smallest absolute Gasteiger partial charge is 0.313 e. The van der Waals surface area contributed by atoms with Gasteiger partial charge in [0, 0.05) is 123 Å². The molecule has 18 rings (SSSR count). The lowest BCUT2D eigenvalue weighted by atomic mass is 9.84. The van der Waals surface area contributed by atoms with Crippen LogP contribution >= 0.6 is 0 Å². The largest absolute Gasteiger partial charge is 0.619 e. The fraction of sp³-hybridized carbons (Fsp3) is 0.246. The van der Waals surface area contributed by atoms with E-state index in [0.29, 0.717) is 51.4 Å². The highest BCUT2D eigenvalue weighted by molar-refractivity contribution is 7.92. The molecular formula is C118H116N6O16S4. The van der Waals surface area contributed by atoms with E-state index in [-0.39, 0.29) is 29.9 Å². The van der Waals surface area contributed by atoms with Gasteiger partial charge < -0.3 is 25.8 Å². The number of carbonyl (C=O) groups is 4. The summed E-state index contributed by atoms with van der Waals surface area (Å²) in [5.41, 5.74) is 21.0. The Kier molecular flexibility index (Phi) is 29.2. The molecule has 144 heavy (non-hydrogen) atoms. The van der Waals surface area contributed by atoms with Crippen LogP contribution in [0.4, 0.5) is 0 Å². The first-order valence-corrected chi connectivity index (χ1v) is 54.8. The number of benzene rings is 11. The van der Waals surface area contributed by atoms with E-state index < -0.39 is 81.3 Å². The maximum Gasteiger partial charge on any atom is 0.313 e. The zero-order chi connectivity index (χ0) is 104. The van der Waals surface area contributed by atoms with E-state index in [9.17, 15) is 73.4 Å². The van der Waals surface area contributed by atoms with Crippen molar-refractivity contribution >= 4 is 113 Å². The second-order valence-electron chi connectivity index (χ2n) is 40.5. The summed E-state index contributed by atoms with van der Waals surface area (Å²) < 4.78 is 97.1. The number of hydrogen-bond acceptors (Lipinski definition) is 18. The summed E-state index contributed by atoms with van der Waals surface area (Å²) in [7, 11) is -13.5. The molecule has 5 heterocycles. The summed E-state index contributed by atoms with van der Waals surface area (Å²) >= 11 is 0. The van der Waals surface area contributed by atoms with Crippen molar-refractivity contribution in [1.82, 2.24) is 25.3 Å². The number of aromatic nitrogens is 5. The zero-order valence-corrected chi connectivity index (χ0v) is 86.4. The highest BCUT2D eigenvalue weighted by Crippen LogP contribution is 2.49. The van der Waals surface area contributed by atoms with Gasteiger partial charge in [-0.15, -0.1) is 0 Å². The van der Waals surface area contributed by atoms with E-state index >= 15 is 0 Å². The van der Waals surface area contributed by atoms with Gasteiger partial charge in [-0.2, -0.15) is 4.73 Å². The van der Waals surface area contributed by atoms with Crippen LogP contribution in [0.25, 0.3) is 139 Å². The highest BCUT2D eigenvalue weighted by atomic mass is 32.2. The number of aliphatic hydroxyl groups is 1. The van der Waals surface area contributed by atoms with Gasteiger partial charge in [0.1, 0.15) is 5.60 Å². The Hall–Kier alpha value is -14.4. The predicted molar refractivity (Wildman–Crippen MR) is 575 cm³/mol. The van der Waals surface area contributed by atoms with Gasteiger partial charge in [0.2, 0.25) is 5.91 Å². The van der Waals surface area contributed by atoms with E-state index in [1.807, 2.05) is 249 Å². The van der Waals surface area contributed by atoms with Crippen molar-refractivity contribution in [3.05, 3.63) is 366 Å². The first kappa shape index (κ1) is 104. The molecule has 2 aliphatic carbocycles. The SMILES string of the molecule is CC(C)(C(=O)O)c1ccc(-c2cccc(-c3cc(C(C)(C)S(C)(=O)=O)cc4cccnc34)c2)cc1.CC(C)(O)C(=O)Cc1cccc(-c2cccc(-c3cc(C(C)(C)S(C)(=O)=O)cc4cccnc34)c2)c1.CC(C)(c1cc(-c2cc(-c3cccc(/C=C/C(=O)NC4CC4)c3)c[n+]([O-])c2)c2ncccc2c1)S(C)(=O)=O.CC(C)(c1cc(-c2cccc(-c3ccc(C4CC4C(=O)O)cc3)c2)c2ncccc2c1)S(C)(=O)=O. The third-order valence-electron chi connectivity index (χ3n) is 28.1. The molecule has 4 N–H and O–H groups in total. The van der Waals surface area contributed by atoms with Crippen molar-refractivity contribution in [2.75, 3.05) is 25.0 Å². The zero-order valence-electron chi connectivity index (χ0n) is 83.2. The molecule has 0 aliphatic heterocycles. The summed E-state index contributed by atoms with van der Waals surface area (Å²) in [6.45, 7) is 20.1. The van der Waals surface area contributed by atoms with Crippen molar-refractivity contribution < 1.29 is 72.9 Å². The molecule has 0 saturated heterocycles. The van der Waals surface area contributed by atoms with Gasteiger partial charge in [-0.05, 0) is 318 Å². The van der Waals surface area contributed by atoms with Crippen molar-refractivity contribution in [2.45, 2.75) is 151 Å². The second kappa shape index (κ2) is 40.4. The molecule has 16 aromatic rings. The Bertz CT molecular complexity index is 8270. The quantitative estimate of drug-likeness (QED) is 0.0222. The van der Waals surface area contributed by atoms with E-state index in [1.54, 1.807) is 106 Å². The molecule has 26 heteroatoms. The number of fused-ring (bicyclic) bond motifs is 4. The number of carboxylic acids is 2. The van der Waals surface area contributed by atoms with E-state index in [4.69, 9.17) is 0 Å². The predicted octanol–water partition coefficient (Wildman–Crippen LogP) is 22.8. The molecule has 2 fully saturated rings. The normalized spacial score (nSPS) is 14.3. The number of carboxylic acid groups (broad SMARTS) is 2. The third-order valence-corrected chi connectivity index (χ3v) is 36.5. The number of hydrogen-bond donors (Lipinski definition) is 4. The average Bonchev–Trinajstić information content (AvgIpc) is 1.70. The molecule has 0 radical (unpaired) electrons. The fourth-order valence-electron chi connectivity index (χ4n) is 17.0. The molecule has 22 nitrogen and oxygen atoms in total. The van der Waals surface area contributed by atoms with Crippen molar-refractivity contribution in [2.24, 2.45) is 5.92 Å². The topological polar surface area (TPSA) is 356 Å². The number of rotatable bonds is 26. The molecule has 11 aromatic carbocycles. The lowest BCUT2D eigenvalue weighted by molar-refractivity contribution is -0.604. The Morgan fingerprint density at radius 2 is 0.715 bits per heavy atom. The number of amides is 1. The van der Waals surface area contributed by atoms with Crippen molar-refractivity contribution in [1.29, 1.82) is 0 Å². The number of carbonyl (C=O) groups excluding carboxylic acids is 2. The van der Waals surface area contributed by atoms with Crippen LogP contribution in [0.1, 0.15) is 153 Å². The molecule has 5 aromatic heterocycles. The maximum absolute atomic E-state index is 12.8. The average molecular weight is 2000 g/mol. The highest BCUT2D eigenvalue weighted by Gasteiger charge is 2.45. The van der Waals surface area contributed by atoms with Crippen LogP contribution in [-0.2, 0) is 89.4 Å². The Morgan fingerprint density at radius 3 is 1.08 bits per heavy atom. The Morgan fingerprint density at radius 1 is 0.382 bits per heavy atom. The molecule has 2 unspecified atom stereocenters. The van der Waals surface area contributed by atoms with Crippen LogP contribution < -0.4 is 10.0 Å². The fourth-order valence-corrected chi connectivity index (χ4v) is 19.2. The van der Waals surface area contributed by atoms with Gasteiger partial charge in [0.25, 0.3) is 0 Å². The van der Waals surface area contributed by atoms with Crippen molar-refractivity contribution in [3.63, 3.8) is 0 Å². The minimum absolute atomic E-state index is 0.103. The summed E-state index contributed by atoms with van der Waals surface area (Å²) in [5, 5.41) is 47.9. The summed E-state index contributed by atoms with van der Waals surface area (Å²) in [4.78, 5) is 65.5. The lowest BCUT2D eigenvalue weighted by Crippen LogP contribution is -2.32. The molecule has 1 amide bonds. The van der Waals surface area contributed by atoms with Crippen LogP contribution in [0.3, 0.4) is 0 Å². The van der Waals surface area contributed by atoms with Gasteiger partial charge in [-0.3, -0.25) is 39.1 Å². The Balaban J connectivity index is 0.000000145. The molecule has 2 aliphatic rings. The number of nitrogens with one attached hydrogen (secondary N) is 1. The van der Waals surface area contributed by atoms with Crippen LogP contribution in [-0.4, -0.2) is 129 Å². The van der Waals surface area contributed by atoms with Crippen LogP contribution in [0.15, 0.2) is 316 Å². The van der Waals surface area contributed by atoms with Gasteiger partial charge in [-0.25, -0.2) is 33.7 Å². The van der Waals surface area contributed by atoms with Crippen LogP contribution in [0.5, 0.6) is 0 Å². The number of nitrogens with zero attached hydrogens (tertiary/aromatic N) is 5. The minimum Gasteiger partial charge on any atom is -0.619 e. The summed E-state index contributed by atoms with van der Waals surface area (Å²) in [5.74, 6) is -2.12. The van der Waals surface area contributed by atoms with Crippen LogP contribution in [0, 0.1) is 11.1 Å². The monoisotopic (exact) mass is 2000 g/mol. The Labute approximate surface area is 841 Å². The summed E-state index contributed by atoms with van der Waals surface area (Å²) in [6, 6.07) is 87.6.